The predicted molar refractivity (Wildman–Crippen MR) is 300 cm³/mol. The average molecular weight is 1120 g/mol. The first-order valence-electron chi connectivity index (χ1n) is 28.9. The van der Waals surface area contributed by atoms with Crippen LogP contribution in [0.3, 0.4) is 0 Å². The Bertz CT molecular complexity index is 2330. The number of ether oxygens (including phenoxy) is 3. The second kappa shape index (κ2) is 31.9. The number of nitrogens with one attached hydrogen (secondary N) is 2. The minimum atomic E-state index is -0.946. The fourth-order valence-electron chi connectivity index (χ4n) is 11.2. The molecule has 0 radical (unpaired) electrons. The molecule has 7 amide bonds. The lowest BCUT2D eigenvalue weighted by atomic mass is 9.89. The molecule has 2 aromatic carbocycles. The number of hydrogen-bond donors (Lipinski definition) is 2. The number of carbonyl (C=O) groups excluding carboxylic acids is 8. The summed E-state index contributed by atoms with van der Waals surface area (Å²) in [6, 6.07) is 13.9. The third-order valence-corrected chi connectivity index (χ3v) is 15.9. The molecule has 0 bridgehead atoms. The van der Waals surface area contributed by atoms with Crippen molar-refractivity contribution in [2.24, 2.45) is 23.7 Å². The summed E-state index contributed by atoms with van der Waals surface area (Å²) < 4.78 is 18.2. The van der Waals surface area contributed by atoms with Gasteiger partial charge in [0.25, 0.3) is 17.7 Å². The maximum atomic E-state index is 14.7. The SMILES string of the molecule is CC[C@H](C)[C@@H]([C@@H](CC(=O)N1CCC[C@H]1[C@H](OC)[C@@H](C)C(=O)N[C@@H](Cc1ccc(OCc2ccccc2)cc1)C(=O)N1CCCCO1)OC)N(C)C(=O)[C@@H](NC(=O)[C@H](C(C)C)N(C)CCCCCC(=O)ON1C(=O)CCC1=O)C(C)C. The zero-order valence-corrected chi connectivity index (χ0v) is 49.3. The number of hydrogen-bond acceptors (Lipinski definition) is 14. The van der Waals surface area contributed by atoms with E-state index in [4.69, 9.17) is 23.9 Å². The molecular formula is C60H91N7O13. The summed E-state index contributed by atoms with van der Waals surface area (Å²) in [5.74, 6) is -3.88. The van der Waals surface area contributed by atoms with E-state index in [0.29, 0.717) is 82.2 Å². The van der Waals surface area contributed by atoms with E-state index in [9.17, 15) is 38.4 Å². The second-order valence-corrected chi connectivity index (χ2v) is 22.5. The van der Waals surface area contributed by atoms with Gasteiger partial charge in [-0.2, -0.15) is 0 Å². The Morgan fingerprint density at radius 3 is 2.06 bits per heavy atom. The number of unbranched alkanes of at least 4 members (excludes halogenated alkanes) is 2. The summed E-state index contributed by atoms with van der Waals surface area (Å²) >= 11 is 0. The monoisotopic (exact) mass is 1120 g/mol. The molecule has 0 saturated carbocycles. The van der Waals surface area contributed by atoms with E-state index in [2.05, 4.69) is 10.6 Å². The molecule has 0 aliphatic carbocycles. The number of likely N-dealkylation sites (N-methyl/N-ethyl adjacent to an activating group) is 2. The second-order valence-electron chi connectivity index (χ2n) is 22.5. The van der Waals surface area contributed by atoms with E-state index in [0.717, 1.165) is 24.0 Å². The Hall–Kier alpha value is -5.96. The molecular weight excluding hydrogens is 1030 g/mol. The van der Waals surface area contributed by atoms with Crippen molar-refractivity contribution in [1.29, 1.82) is 0 Å². The normalized spacial score (nSPS) is 18.8. The van der Waals surface area contributed by atoms with Crippen LogP contribution in [-0.2, 0) is 70.5 Å². The number of carbonyl (C=O) groups is 8. The number of likely N-dealkylation sites (tertiary alicyclic amines) is 1. The molecule has 3 fully saturated rings. The van der Waals surface area contributed by atoms with Crippen LogP contribution in [0.1, 0.15) is 137 Å². The molecule has 3 aliphatic rings. The van der Waals surface area contributed by atoms with Crippen LogP contribution in [0, 0.1) is 23.7 Å². The van der Waals surface area contributed by atoms with Crippen molar-refractivity contribution >= 4 is 47.3 Å². The van der Waals surface area contributed by atoms with Crippen molar-refractivity contribution in [3.63, 3.8) is 0 Å². The predicted octanol–water partition coefficient (Wildman–Crippen LogP) is 6.03. The highest BCUT2D eigenvalue weighted by Gasteiger charge is 2.44. The summed E-state index contributed by atoms with van der Waals surface area (Å²) in [4.78, 5) is 124. The van der Waals surface area contributed by atoms with Crippen molar-refractivity contribution in [2.75, 3.05) is 54.6 Å². The van der Waals surface area contributed by atoms with Crippen LogP contribution in [0.2, 0.25) is 0 Å². The van der Waals surface area contributed by atoms with Gasteiger partial charge in [-0.05, 0) is 93.1 Å². The van der Waals surface area contributed by atoms with E-state index in [-0.39, 0.29) is 73.5 Å². The summed E-state index contributed by atoms with van der Waals surface area (Å²) in [5.41, 5.74) is 1.86. The van der Waals surface area contributed by atoms with Crippen LogP contribution in [0.5, 0.6) is 5.75 Å². The summed E-state index contributed by atoms with van der Waals surface area (Å²) in [7, 11) is 6.62. The number of imide groups is 1. The Morgan fingerprint density at radius 2 is 1.46 bits per heavy atom. The van der Waals surface area contributed by atoms with E-state index < -0.39 is 72.0 Å². The smallest absolute Gasteiger partial charge is 0.333 e. The third kappa shape index (κ3) is 18.0. The maximum absolute atomic E-state index is 14.7. The Labute approximate surface area is 474 Å². The number of amides is 7. The highest BCUT2D eigenvalue weighted by molar-refractivity contribution is 6.01. The van der Waals surface area contributed by atoms with Crippen molar-refractivity contribution in [3.8, 4) is 5.75 Å². The van der Waals surface area contributed by atoms with Gasteiger partial charge in [0, 0.05) is 60.0 Å². The third-order valence-electron chi connectivity index (χ3n) is 15.9. The van der Waals surface area contributed by atoms with Crippen LogP contribution in [0.4, 0.5) is 0 Å². The molecule has 20 nitrogen and oxygen atoms in total. The van der Waals surface area contributed by atoms with Gasteiger partial charge in [0.15, 0.2) is 0 Å². The standard InChI is InChI=1S/C60H91N7O13/c1-12-41(6)55(64(9)60(75)53(39(2)3)62-58(73)54(40(4)5)63(8)32-18-14-17-25-52(71)80-67-49(68)30-31-50(67)69)48(76-10)37-51(70)65-33-21-24-47(65)56(77-11)42(7)57(72)61-46(59(74)66-34-19-20-35-79-66)36-43-26-28-45(29-27-43)78-38-44-22-15-13-16-23-44/h13,15-16,22-23,26-29,39-42,46-48,53-56H,12,14,17-21,24-25,30-38H2,1-11H3,(H,61,72)(H,62,73)/t41-,42+,46-,47-,48+,53-,54-,55-,56+/m0/s1. The van der Waals surface area contributed by atoms with Gasteiger partial charge in [0.2, 0.25) is 23.6 Å². The highest BCUT2D eigenvalue weighted by atomic mass is 16.7. The van der Waals surface area contributed by atoms with Gasteiger partial charge in [0.05, 0.1) is 49.3 Å². The Balaban J connectivity index is 1.21. The van der Waals surface area contributed by atoms with E-state index >= 15 is 0 Å². The summed E-state index contributed by atoms with van der Waals surface area (Å²) in [5, 5.41) is 8.02. The molecule has 3 saturated heterocycles. The lowest BCUT2D eigenvalue weighted by Crippen LogP contribution is -2.60. The van der Waals surface area contributed by atoms with Gasteiger partial charge < -0.3 is 39.5 Å². The van der Waals surface area contributed by atoms with Gasteiger partial charge in [0.1, 0.15) is 24.4 Å². The highest BCUT2D eigenvalue weighted by Crippen LogP contribution is 2.30. The van der Waals surface area contributed by atoms with Crippen molar-refractivity contribution < 1.29 is 62.2 Å². The fraction of sp³-hybridized carbons (Fsp3) is 0.667. The quantitative estimate of drug-likeness (QED) is 0.0650. The first kappa shape index (κ1) is 64.9. The minimum Gasteiger partial charge on any atom is -0.489 e. The molecule has 2 N–H and O–H groups in total. The van der Waals surface area contributed by atoms with E-state index in [1.54, 1.807) is 23.8 Å². The van der Waals surface area contributed by atoms with Crippen molar-refractivity contribution in [1.82, 2.24) is 35.5 Å². The van der Waals surface area contributed by atoms with E-state index in [1.807, 2.05) is 108 Å². The summed E-state index contributed by atoms with van der Waals surface area (Å²) in [6.45, 7) is 15.6. The number of nitrogens with zero attached hydrogens (tertiary/aromatic N) is 5. The molecule has 80 heavy (non-hydrogen) atoms. The summed E-state index contributed by atoms with van der Waals surface area (Å²) in [6.07, 6.45) is 4.10. The maximum Gasteiger partial charge on any atom is 0.333 e. The number of methoxy groups -OCH3 is 2. The number of rotatable bonds is 31. The van der Waals surface area contributed by atoms with Crippen LogP contribution in [0.25, 0.3) is 0 Å². The number of benzene rings is 2. The van der Waals surface area contributed by atoms with Crippen molar-refractivity contribution in [2.45, 2.75) is 181 Å². The zero-order chi connectivity index (χ0) is 58.6. The lowest BCUT2D eigenvalue weighted by Gasteiger charge is -2.41. The number of hydroxylamine groups is 4. The van der Waals surface area contributed by atoms with Gasteiger partial charge in [-0.15, -0.1) is 5.06 Å². The molecule has 0 unspecified atom stereocenters. The van der Waals surface area contributed by atoms with Gasteiger partial charge in [-0.25, -0.2) is 9.86 Å². The largest absolute Gasteiger partial charge is 0.489 e. The topological polar surface area (TPSA) is 223 Å². The molecule has 20 heteroatoms. The van der Waals surface area contributed by atoms with Gasteiger partial charge >= 0.3 is 5.97 Å². The van der Waals surface area contributed by atoms with Crippen LogP contribution < -0.4 is 15.4 Å². The first-order valence-corrected chi connectivity index (χ1v) is 28.9. The molecule has 5 rings (SSSR count). The molecule has 444 valence electrons. The van der Waals surface area contributed by atoms with Gasteiger partial charge in [-0.3, -0.25) is 43.3 Å². The van der Waals surface area contributed by atoms with E-state index in [1.165, 1.54) is 19.3 Å². The van der Waals surface area contributed by atoms with Crippen molar-refractivity contribution in [3.05, 3.63) is 65.7 Å². The first-order chi connectivity index (χ1) is 38.2. The molecule has 3 heterocycles. The fourth-order valence-corrected chi connectivity index (χ4v) is 11.2. The average Bonchev–Trinajstić information content (AvgIpc) is 4.06. The van der Waals surface area contributed by atoms with Crippen LogP contribution in [-0.4, -0.2) is 169 Å². The Morgan fingerprint density at radius 1 is 0.775 bits per heavy atom. The Kier molecular flexibility index (Phi) is 25.8. The zero-order valence-electron chi connectivity index (χ0n) is 49.3. The molecule has 2 aromatic rings. The van der Waals surface area contributed by atoms with Crippen LogP contribution >= 0.6 is 0 Å². The lowest BCUT2D eigenvalue weighted by molar-refractivity contribution is -0.199. The molecule has 3 aliphatic heterocycles. The minimum absolute atomic E-state index is 0.0277. The van der Waals surface area contributed by atoms with Gasteiger partial charge in [-0.1, -0.05) is 104 Å². The molecule has 9 atom stereocenters. The molecule has 0 aromatic heterocycles. The molecule has 0 spiro atoms. The van der Waals surface area contributed by atoms with Crippen LogP contribution in [0.15, 0.2) is 54.6 Å².